The SMILES string of the molecule is C=C(CNC(C)C)CN(C)C1CCC(C)CC1. The van der Waals surface area contributed by atoms with Gasteiger partial charge in [0, 0.05) is 25.2 Å². The summed E-state index contributed by atoms with van der Waals surface area (Å²) in [6, 6.07) is 1.33. The lowest BCUT2D eigenvalue weighted by atomic mass is 9.86. The normalized spacial score (nSPS) is 25.5. The quantitative estimate of drug-likeness (QED) is 0.716. The Morgan fingerprint density at radius 2 is 1.88 bits per heavy atom. The third-order valence-corrected chi connectivity index (χ3v) is 3.84. The highest BCUT2D eigenvalue weighted by atomic mass is 15.1. The first-order chi connectivity index (χ1) is 7.99. The van der Waals surface area contributed by atoms with Crippen LogP contribution in [-0.2, 0) is 0 Å². The fraction of sp³-hybridized carbons (Fsp3) is 0.867. The molecule has 0 atom stereocenters. The molecule has 0 spiro atoms. The molecule has 0 aromatic heterocycles. The Bertz CT molecular complexity index is 227. The topological polar surface area (TPSA) is 15.3 Å². The van der Waals surface area contributed by atoms with Crippen LogP contribution >= 0.6 is 0 Å². The van der Waals surface area contributed by atoms with E-state index in [1.165, 1.54) is 31.3 Å². The maximum atomic E-state index is 4.17. The first-order valence-corrected chi connectivity index (χ1v) is 7.09. The number of hydrogen-bond donors (Lipinski definition) is 1. The molecule has 0 aromatic rings. The van der Waals surface area contributed by atoms with Crippen LogP contribution in [0.5, 0.6) is 0 Å². The predicted molar refractivity (Wildman–Crippen MR) is 76.3 cm³/mol. The molecule has 1 aliphatic rings. The summed E-state index contributed by atoms with van der Waals surface area (Å²) in [6.45, 7) is 12.9. The first kappa shape index (κ1) is 14.7. The summed E-state index contributed by atoms with van der Waals surface area (Å²) in [5.74, 6) is 0.936. The molecule has 0 heterocycles. The van der Waals surface area contributed by atoms with E-state index in [1.807, 2.05) is 0 Å². The molecule has 0 amide bonds. The monoisotopic (exact) mass is 238 g/mol. The van der Waals surface area contributed by atoms with Gasteiger partial charge in [-0.1, -0.05) is 27.4 Å². The second-order valence-electron chi connectivity index (χ2n) is 6.11. The molecule has 2 nitrogen and oxygen atoms in total. The molecule has 1 fully saturated rings. The average molecular weight is 238 g/mol. The summed E-state index contributed by atoms with van der Waals surface area (Å²) in [4.78, 5) is 2.50. The maximum absolute atomic E-state index is 4.17. The smallest absolute Gasteiger partial charge is 0.0202 e. The molecule has 1 rings (SSSR count). The van der Waals surface area contributed by atoms with Gasteiger partial charge in [0.25, 0.3) is 0 Å². The zero-order valence-electron chi connectivity index (χ0n) is 12.1. The second kappa shape index (κ2) is 7.17. The Hall–Kier alpha value is -0.340. The van der Waals surface area contributed by atoms with E-state index in [0.29, 0.717) is 6.04 Å². The summed E-state index contributed by atoms with van der Waals surface area (Å²) in [6.07, 6.45) is 5.52. The first-order valence-electron chi connectivity index (χ1n) is 7.09. The molecular formula is C15H30N2. The van der Waals surface area contributed by atoms with E-state index in [2.05, 4.69) is 44.6 Å². The van der Waals surface area contributed by atoms with Gasteiger partial charge in [0.1, 0.15) is 0 Å². The van der Waals surface area contributed by atoms with E-state index in [0.717, 1.165) is 25.0 Å². The molecule has 1 aliphatic carbocycles. The summed E-state index contributed by atoms with van der Waals surface area (Å²) in [5.41, 5.74) is 1.31. The fourth-order valence-corrected chi connectivity index (χ4v) is 2.57. The van der Waals surface area contributed by atoms with Crippen molar-refractivity contribution >= 4 is 0 Å². The van der Waals surface area contributed by atoms with Gasteiger partial charge in [-0.05, 0) is 44.2 Å². The molecule has 0 aromatic carbocycles. The van der Waals surface area contributed by atoms with Crippen molar-refractivity contribution in [2.45, 2.75) is 58.5 Å². The van der Waals surface area contributed by atoms with Crippen molar-refractivity contribution in [1.82, 2.24) is 10.2 Å². The van der Waals surface area contributed by atoms with Crippen LogP contribution in [-0.4, -0.2) is 37.1 Å². The van der Waals surface area contributed by atoms with Gasteiger partial charge in [0.2, 0.25) is 0 Å². The average Bonchev–Trinajstić information content (AvgIpc) is 2.27. The zero-order chi connectivity index (χ0) is 12.8. The minimum Gasteiger partial charge on any atom is -0.311 e. The maximum Gasteiger partial charge on any atom is 0.0202 e. The van der Waals surface area contributed by atoms with E-state index in [-0.39, 0.29) is 0 Å². The van der Waals surface area contributed by atoms with Crippen LogP contribution in [0.2, 0.25) is 0 Å². The van der Waals surface area contributed by atoms with Crippen molar-refractivity contribution in [2.75, 3.05) is 20.1 Å². The third-order valence-electron chi connectivity index (χ3n) is 3.84. The van der Waals surface area contributed by atoms with Gasteiger partial charge >= 0.3 is 0 Å². The van der Waals surface area contributed by atoms with Crippen LogP contribution in [0, 0.1) is 5.92 Å². The van der Waals surface area contributed by atoms with Gasteiger partial charge in [-0.3, -0.25) is 4.90 Å². The molecule has 0 unspecified atom stereocenters. The van der Waals surface area contributed by atoms with Crippen LogP contribution in [0.1, 0.15) is 46.5 Å². The van der Waals surface area contributed by atoms with Gasteiger partial charge in [0.15, 0.2) is 0 Å². The summed E-state index contributed by atoms with van der Waals surface area (Å²) < 4.78 is 0. The van der Waals surface area contributed by atoms with Gasteiger partial charge in [0.05, 0.1) is 0 Å². The fourth-order valence-electron chi connectivity index (χ4n) is 2.57. The van der Waals surface area contributed by atoms with Gasteiger partial charge < -0.3 is 5.32 Å². The molecule has 0 saturated heterocycles. The molecule has 17 heavy (non-hydrogen) atoms. The molecule has 2 heteroatoms. The highest BCUT2D eigenvalue weighted by Crippen LogP contribution is 2.26. The Balaban J connectivity index is 2.23. The molecule has 0 bridgehead atoms. The lowest BCUT2D eigenvalue weighted by Gasteiger charge is -2.34. The van der Waals surface area contributed by atoms with E-state index < -0.39 is 0 Å². The predicted octanol–water partition coefficient (Wildman–Crippen LogP) is 3.05. The Morgan fingerprint density at radius 3 is 2.41 bits per heavy atom. The number of rotatable bonds is 6. The number of hydrogen-bond acceptors (Lipinski definition) is 2. The van der Waals surface area contributed by atoms with Gasteiger partial charge in [-0.15, -0.1) is 0 Å². The molecule has 100 valence electrons. The molecule has 0 aliphatic heterocycles. The summed E-state index contributed by atoms with van der Waals surface area (Å²) in [7, 11) is 2.25. The lowest BCUT2D eigenvalue weighted by molar-refractivity contribution is 0.181. The van der Waals surface area contributed by atoms with E-state index in [9.17, 15) is 0 Å². The van der Waals surface area contributed by atoms with Crippen molar-refractivity contribution in [1.29, 1.82) is 0 Å². The van der Waals surface area contributed by atoms with Gasteiger partial charge in [-0.25, -0.2) is 0 Å². The van der Waals surface area contributed by atoms with Crippen molar-refractivity contribution in [3.8, 4) is 0 Å². The molecule has 1 saturated carbocycles. The minimum atomic E-state index is 0.549. The van der Waals surface area contributed by atoms with Crippen molar-refractivity contribution in [3.63, 3.8) is 0 Å². The highest BCUT2D eigenvalue weighted by molar-refractivity contribution is 5.00. The highest BCUT2D eigenvalue weighted by Gasteiger charge is 2.21. The third kappa shape index (κ3) is 5.69. The Kier molecular flexibility index (Phi) is 6.21. The standard InChI is InChI=1S/C15H30N2/c1-12(2)16-10-14(4)11-17(5)15-8-6-13(3)7-9-15/h12-13,15-16H,4,6-11H2,1-3,5H3. The molecule has 1 N–H and O–H groups in total. The number of likely N-dealkylation sites (N-methyl/N-ethyl adjacent to an activating group) is 1. The van der Waals surface area contributed by atoms with Crippen LogP contribution < -0.4 is 5.32 Å². The number of nitrogens with zero attached hydrogens (tertiary/aromatic N) is 1. The number of nitrogens with one attached hydrogen (secondary N) is 1. The minimum absolute atomic E-state index is 0.549. The van der Waals surface area contributed by atoms with E-state index in [4.69, 9.17) is 0 Å². The van der Waals surface area contributed by atoms with Crippen LogP contribution in [0.3, 0.4) is 0 Å². The summed E-state index contributed by atoms with van der Waals surface area (Å²) >= 11 is 0. The van der Waals surface area contributed by atoms with E-state index in [1.54, 1.807) is 0 Å². The molecule has 0 radical (unpaired) electrons. The van der Waals surface area contributed by atoms with Crippen molar-refractivity contribution in [2.24, 2.45) is 5.92 Å². The Morgan fingerprint density at radius 1 is 1.29 bits per heavy atom. The Labute approximate surface area is 107 Å². The van der Waals surface area contributed by atoms with Crippen LogP contribution in [0.25, 0.3) is 0 Å². The second-order valence-corrected chi connectivity index (χ2v) is 6.11. The summed E-state index contributed by atoms with van der Waals surface area (Å²) in [5, 5.41) is 3.43. The van der Waals surface area contributed by atoms with Crippen molar-refractivity contribution < 1.29 is 0 Å². The largest absolute Gasteiger partial charge is 0.311 e. The molecular weight excluding hydrogens is 208 g/mol. The van der Waals surface area contributed by atoms with E-state index >= 15 is 0 Å². The van der Waals surface area contributed by atoms with Crippen LogP contribution in [0.4, 0.5) is 0 Å². The zero-order valence-corrected chi connectivity index (χ0v) is 12.1. The van der Waals surface area contributed by atoms with Crippen molar-refractivity contribution in [3.05, 3.63) is 12.2 Å². The van der Waals surface area contributed by atoms with Gasteiger partial charge in [-0.2, -0.15) is 0 Å². The van der Waals surface area contributed by atoms with Crippen LogP contribution in [0.15, 0.2) is 12.2 Å². The lowest BCUT2D eigenvalue weighted by Crippen LogP contribution is -2.37.